The maximum absolute atomic E-state index is 5.36. The van der Waals surface area contributed by atoms with Crippen LogP contribution in [-0.4, -0.2) is 17.3 Å². The summed E-state index contributed by atoms with van der Waals surface area (Å²) in [4.78, 5) is 0. The van der Waals surface area contributed by atoms with E-state index in [-0.39, 0.29) is 5.41 Å². The van der Waals surface area contributed by atoms with Crippen molar-refractivity contribution in [2.24, 2.45) is 0 Å². The van der Waals surface area contributed by atoms with Gasteiger partial charge in [0.15, 0.2) is 0 Å². The lowest BCUT2D eigenvalue weighted by atomic mass is 9.68. The van der Waals surface area contributed by atoms with Gasteiger partial charge in [0.05, 0.1) is 7.11 Å². The molecule has 2 heterocycles. The van der Waals surface area contributed by atoms with Crippen molar-refractivity contribution in [2.45, 2.75) is 11.8 Å². The summed E-state index contributed by atoms with van der Waals surface area (Å²) in [7, 11) is 1.70. The van der Waals surface area contributed by atoms with Gasteiger partial charge in [-0.05, 0) is 34.7 Å². The number of thiophene rings is 1. The summed E-state index contributed by atoms with van der Waals surface area (Å²) in [6.45, 7) is 0. The first-order chi connectivity index (χ1) is 13.8. The van der Waals surface area contributed by atoms with E-state index in [1.54, 1.807) is 18.4 Å². The quantitative estimate of drug-likeness (QED) is 0.490. The van der Waals surface area contributed by atoms with E-state index in [0.717, 1.165) is 17.9 Å². The molecule has 1 aliphatic carbocycles. The fourth-order valence-electron chi connectivity index (χ4n) is 4.07. The number of H-pyrrole nitrogens is 1. The van der Waals surface area contributed by atoms with E-state index in [1.165, 1.54) is 27.9 Å². The zero-order valence-corrected chi connectivity index (χ0v) is 16.4. The minimum Gasteiger partial charge on any atom is -0.497 e. The first kappa shape index (κ1) is 17.0. The summed E-state index contributed by atoms with van der Waals surface area (Å²) >= 11 is 1.70. The van der Waals surface area contributed by atoms with Crippen molar-refractivity contribution in [2.75, 3.05) is 7.11 Å². The van der Waals surface area contributed by atoms with Gasteiger partial charge in [-0.15, -0.1) is 0 Å². The molecule has 0 spiro atoms. The fraction of sp³-hybridized carbons (Fsp3) is 0.125. The van der Waals surface area contributed by atoms with Gasteiger partial charge in [0.1, 0.15) is 11.4 Å². The molecule has 0 aliphatic heterocycles. The van der Waals surface area contributed by atoms with Crippen molar-refractivity contribution >= 4 is 17.4 Å². The van der Waals surface area contributed by atoms with E-state index < -0.39 is 0 Å². The SMILES string of the molecule is COc1ccc(C2(c3ccccc3)C=Cc3c(-c4ccsc4)n[nH]c3C2)cc1. The highest BCUT2D eigenvalue weighted by molar-refractivity contribution is 7.08. The molecule has 3 nitrogen and oxygen atoms in total. The molecule has 0 fully saturated rings. The molecule has 1 unspecified atom stereocenters. The summed E-state index contributed by atoms with van der Waals surface area (Å²) in [5, 5.41) is 12.2. The van der Waals surface area contributed by atoms with E-state index in [0.29, 0.717) is 0 Å². The van der Waals surface area contributed by atoms with Gasteiger partial charge in [0.25, 0.3) is 0 Å². The second-order valence-corrected chi connectivity index (χ2v) is 7.83. The average molecular weight is 385 g/mol. The zero-order chi connectivity index (χ0) is 19.0. The molecule has 0 saturated heterocycles. The molecular formula is C24H20N2OS. The number of hydrogen-bond acceptors (Lipinski definition) is 3. The summed E-state index contributed by atoms with van der Waals surface area (Å²) in [6, 6.07) is 21.2. The molecule has 0 radical (unpaired) electrons. The standard InChI is InChI=1S/C24H20N2OS/c1-27-20-9-7-19(8-10-20)24(18-5-3-2-4-6-18)13-11-21-22(15-24)25-26-23(21)17-12-14-28-16-17/h2-14,16H,15H2,1H3,(H,25,26). The van der Waals surface area contributed by atoms with E-state index >= 15 is 0 Å². The fourth-order valence-corrected chi connectivity index (χ4v) is 4.71. The number of fused-ring (bicyclic) bond motifs is 1. The number of nitrogens with one attached hydrogen (secondary N) is 1. The van der Waals surface area contributed by atoms with Crippen LogP contribution in [0.2, 0.25) is 0 Å². The molecule has 5 rings (SSSR count). The monoisotopic (exact) mass is 384 g/mol. The first-order valence-corrected chi connectivity index (χ1v) is 10.2. The first-order valence-electron chi connectivity index (χ1n) is 9.29. The largest absolute Gasteiger partial charge is 0.497 e. The molecule has 0 saturated carbocycles. The topological polar surface area (TPSA) is 37.9 Å². The molecule has 0 bridgehead atoms. The Balaban J connectivity index is 1.65. The van der Waals surface area contributed by atoms with Crippen molar-refractivity contribution in [1.82, 2.24) is 10.2 Å². The van der Waals surface area contributed by atoms with Crippen molar-refractivity contribution in [3.05, 3.63) is 99.9 Å². The predicted molar refractivity (Wildman–Crippen MR) is 115 cm³/mol. The van der Waals surface area contributed by atoms with Crippen molar-refractivity contribution in [3.8, 4) is 17.0 Å². The number of aromatic amines is 1. The minimum atomic E-state index is -0.237. The maximum atomic E-state index is 5.36. The number of hydrogen-bond donors (Lipinski definition) is 1. The number of nitrogens with zero attached hydrogens (tertiary/aromatic N) is 1. The van der Waals surface area contributed by atoms with E-state index in [9.17, 15) is 0 Å². The van der Waals surface area contributed by atoms with Gasteiger partial charge in [0.2, 0.25) is 0 Å². The number of aromatic nitrogens is 2. The van der Waals surface area contributed by atoms with Crippen molar-refractivity contribution in [1.29, 1.82) is 0 Å². The Kier molecular flexibility index (Phi) is 4.14. The van der Waals surface area contributed by atoms with Gasteiger partial charge in [-0.3, -0.25) is 5.10 Å². The summed E-state index contributed by atoms with van der Waals surface area (Å²) in [5.74, 6) is 0.869. The number of ether oxygens (including phenoxy) is 1. The van der Waals surface area contributed by atoms with Crippen LogP contribution in [0.1, 0.15) is 22.4 Å². The molecule has 2 aromatic heterocycles. The Morgan fingerprint density at radius 3 is 2.50 bits per heavy atom. The maximum Gasteiger partial charge on any atom is 0.118 e. The lowest BCUT2D eigenvalue weighted by Gasteiger charge is -2.34. The van der Waals surface area contributed by atoms with Crippen LogP contribution in [0.25, 0.3) is 17.3 Å². The summed E-state index contributed by atoms with van der Waals surface area (Å²) < 4.78 is 5.36. The third-order valence-electron chi connectivity index (χ3n) is 5.56. The van der Waals surface area contributed by atoms with E-state index in [1.807, 2.05) is 12.1 Å². The molecule has 1 N–H and O–H groups in total. The second-order valence-electron chi connectivity index (χ2n) is 7.05. The summed E-state index contributed by atoms with van der Waals surface area (Å²) in [6.07, 6.45) is 5.40. The Bertz CT molecular complexity index is 1110. The van der Waals surface area contributed by atoms with Gasteiger partial charge in [-0.25, -0.2) is 0 Å². The Hall–Kier alpha value is -3.11. The average Bonchev–Trinajstić information content (AvgIpc) is 3.43. The third kappa shape index (κ3) is 2.69. The van der Waals surface area contributed by atoms with Gasteiger partial charge in [-0.2, -0.15) is 16.4 Å². The van der Waals surface area contributed by atoms with Gasteiger partial charge >= 0.3 is 0 Å². The van der Waals surface area contributed by atoms with E-state index in [2.05, 4.69) is 81.6 Å². The van der Waals surface area contributed by atoms with Gasteiger partial charge < -0.3 is 4.74 Å². The minimum absolute atomic E-state index is 0.237. The molecule has 1 atom stereocenters. The predicted octanol–water partition coefficient (Wildman–Crippen LogP) is 5.70. The Morgan fingerprint density at radius 1 is 1.00 bits per heavy atom. The van der Waals surface area contributed by atoms with Crippen LogP contribution in [0.4, 0.5) is 0 Å². The van der Waals surface area contributed by atoms with Crippen LogP contribution < -0.4 is 4.74 Å². The number of methoxy groups -OCH3 is 1. The molecule has 138 valence electrons. The number of allylic oxidation sites excluding steroid dienone is 1. The Labute approximate surface area is 168 Å². The molecule has 2 aromatic carbocycles. The van der Waals surface area contributed by atoms with Crippen molar-refractivity contribution < 1.29 is 4.74 Å². The molecule has 1 aliphatic rings. The lowest BCUT2D eigenvalue weighted by Crippen LogP contribution is -2.30. The Morgan fingerprint density at radius 2 is 1.79 bits per heavy atom. The number of rotatable bonds is 4. The smallest absolute Gasteiger partial charge is 0.118 e. The normalized spacial score (nSPS) is 18.0. The highest BCUT2D eigenvalue weighted by Crippen LogP contribution is 2.43. The van der Waals surface area contributed by atoms with E-state index in [4.69, 9.17) is 4.74 Å². The third-order valence-corrected chi connectivity index (χ3v) is 6.24. The molecular weight excluding hydrogens is 364 g/mol. The van der Waals surface area contributed by atoms with Gasteiger partial charge in [-0.1, -0.05) is 54.6 Å². The molecule has 4 aromatic rings. The highest BCUT2D eigenvalue weighted by Gasteiger charge is 2.36. The molecule has 0 amide bonds. The van der Waals surface area contributed by atoms with Crippen LogP contribution in [-0.2, 0) is 11.8 Å². The van der Waals surface area contributed by atoms with Gasteiger partial charge in [0, 0.05) is 34.0 Å². The van der Waals surface area contributed by atoms with Crippen LogP contribution in [0.3, 0.4) is 0 Å². The molecule has 4 heteroatoms. The number of benzene rings is 2. The molecule has 28 heavy (non-hydrogen) atoms. The van der Waals surface area contributed by atoms with Crippen LogP contribution in [0.5, 0.6) is 5.75 Å². The summed E-state index contributed by atoms with van der Waals surface area (Å²) in [5.41, 5.74) is 6.84. The lowest BCUT2D eigenvalue weighted by molar-refractivity contribution is 0.414. The van der Waals surface area contributed by atoms with Crippen LogP contribution in [0.15, 0.2) is 77.5 Å². The van der Waals surface area contributed by atoms with Crippen molar-refractivity contribution in [3.63, 3.8) is 0 Å². The zero-order valence-electron chi connectivity index (χ0n) is 15.6. The highest BCUT2D eigenvalue weighted by atomic mass is 32.1. The van der Waals surface area contributed by atoms with Crippen LogP contribution in [0, 0.1) is 0 Å². The van der Waals surface area contributed by atoms with Crippen LogP contribution >= 0.6 is 11.3 Å². The second kappa shape index (κ2) is 6.80.